The zero-order chi connectivity index (χ0) is 8.72. The molecule has 2 N–H and O–H groups in total. The van der Waals surface area contributed by atoms with Crippen LogP contribution in [0, 0.1) is 11.8 Å². The zero-order valence-corrected chi connectivity index (χ0v) is 6.64. The Labute approximate surface area is 70.1 Å². The molecule has 2 rings (SSSR count). The summed E-state index contributed by atoms with van der Waals surface area (Å²) in [5.74, 6) is -0.386. The number of cyclic esters (lactones) is 1. The maximum Gasteiger partial charge on any atom is 0.306 e. The van der Waals surface area contributed by atoms with Gasteiger partial charge >= 0.3 is 5.97 Å². The SMILES string of the molecule is O=C1C[C@@H]2[C@H](CO1)[C@@H](O)C[C@H]2O. The van der Waals surface area contributed by atoms with Gasteiger partial charge in [0.2, 0.25) is 0 Å². The van der Waals surface area contributed by atoms with E-state index in [1.165, 1.54) is 0 Å². The first kappa shape index (κ1) is 8.01. The van der Waals surface area contributed by atoms with E-state index in [1.54, 1.807) is 0 Å². The van der Waals surface area contributed by atoms with E-state index in [0.29, 0.717) is 6.42 Å². The van der Waals surface area contributed by atoms with Crippen molar-refractivity contribution < 1.29 is 19.7 Å². The zero-order valence-electron chi connectivity index (χ0n) is 6.64. The van der Waals surface area contributed by atoms with E-state index in [2.05, 4.69) is 0 Å². The Balaban J connectivity index is 2.11. The molecule has 4 nitrogen and oxygen atoms in total. The van der Waals surface area contributed by atoms with Gasteiger partial charge in [0.1, 0.15) is 0 Å². The fourth-order valence-corrected chi connectivity index (χ4v) is 2.13. The maximum atomic E-state index is 10.8. The third-order valence-electron chi connectivity index (χ3n) is 2.86. The molecule has 12 heavy (non-hydrogen) atoms. The Morgan fingerprint density at radius 2 is 1.92 bits per heavy atom. The molecule has 0 radical (unpaired) electrons. The summed E-state index contributed by atoms with van der Waals surface area (Å²) in [5, 5.41) is 18.9. The molecular formula is C8H12O4. The molecule has 1 saturated carbocycles. The highest BCUT2D eigenvalue weighted by Crippen LogP contribution is 2.37. The van der Waals surface area contributed by atoms with Crippen LogP contribution in [0.15, 0.2) is 0 Å². The smallest absolute Gasteiger partial charge is 0.306 e. The van der Waals surface area contributed by atoms with E-state index in [0.717, 1.165) is 0 Å². The lowest BCUT2D eigenvalue weighted by Crippen LogP contribution is -2.34. The summed E-state index contributed by atoms with van der Waals surface area (Å²) in [5.41, 5.74) is 0. The maximum absolute atomic E-state index is 10.8. The summed E-state index contributed by atoms with van der Waals surface area (Å²) in [7, 11) is 0. The first-order valence-corrected chi connectivity index (χ1v) is 4.20. The van der Waals surface area contributed by atoms with Gasteiger partial charge in [-0.05, 0) is 6.42 Å². The molecule has 4 atom stereocenters. The van der Waals surface area contributed by atoms with Crippen LogP contribution in [-0.4, -0.2) is 35.0 Å². The minimum absolute atomic E-state index is 0.0438. The average Bonchev–Trinajstić information content (AvgIpc) is 2.28. The fourth-order valence-electron chi connectivity index (χ4n) is 2.13. The largest absolute Gasteiger partial charge is 0.465 e. The highest BCUT2D eigenvalue weighted by Gasteiger charge is 2.45. The summed E-state index contributed by atoms with van der Waals surface area (Å²) in [6, 6.07) is 0. The van der Waals surface area contributed by atoms with E-state index in [9.17, 15) is 15.0 Å². The average molecular weight is 172 g/mol. The first-order valence-electron chi connectivity index (χ1n) is 4.20. The molecule has 0 unspecified atom stereocenters. The summed E-state index contributed by atoms with van der Waals surface area (Å²) in [6.07, 6.45) is -0.398. The Kier molecular flexibility index (Phi) is 1.81. The molecular weight excluding hydrogens is 160 g/mol. The Morgan fingerprint density at radius 1 is 1.25 bits per heavy atom. The molecule has 68 valence electrons. The molecule has 0 aromatic heterocycles. The van der Waals surface area contributed by atoms with Crippen LogP contribution in [0.25, 0.3) is 0 Å². The van der Waals surface area contributed by atoms with Crippen LogP contribution in [0.1, 0.15) is 12.8 Å². The molecule has 2 fully saturated rings. The van der Waals surface area contributed by atoms with Crippen LogP contribution in [-0.2, 0) is 9.53 Å². The molecule has 2 aliphatic rings. The van der Waals surface area contributed by atoms with Gasteiger partial charge in [-0.3, -0.25) is 4.79 Å². The fraction of sp³-hybridized carbons (Fsp3) is 0.875. The number of ether oxygens (including phenoxy) is 1. The molecule has 0 amide bonds. The number of fused-ring (bicyclic) bond motifs is 1. The van der Waals surface area contributed by atoms with Crippen molar-refractivity contribution in [1.82, 2.24) is 0 Å². The van der Waals surface area contributed by atoms with Crippen molar-refractivity contribution >= 4 is 5.97 Å². The molecule has 4 heteroatoms. The van der Waals surface area contributed by atoms with Gasteiger partial charge in [-0.1, -0.05) is 0 Å². The number of carbonyl (C=O) groups is 1. The van der Waals surface area contributed by atoms with Crippen molar-refractivity contribution in [2.24, 2.45) is 11.8 Å². The number of esters is 1. The van der Waals surface area contributed by atoms with E-state index < -0.39 is 12.2 Å². The monoisotopic (exact) mass is 172 g/mol. The topological polar surface area (TPSA) is 66.8 Å². The molecule has 1 aliphatic carbocycles. The van der Waals surface area contributed by atoms with Crippen molar-refractivity contribution in [3.05, 3.63) is 0 Å². The van der Waals surface area contributed by atoms with Crippen LogP contribution in [0.5, 0.6) is 0 Å². The second kappa shape index (κ2) is 2.71. The molecule has 1 aliphatic heterocycles. The van der Waals surface area contributed by atoms with E-state index in [1.807, 2.05) is 0 Å². The Morgan fingerprint density at radius 3 is 2.67 bits per heavy atom. The van der Waals surface area contributed by atoms with Crippen molar-refractivity contribution in [2.45, 2.75) is 25.0 Å². The number of aliphatic hydroxyl groups excluding tert-OH is 2. The van der Waals surface area contributed by atoms with Gasteiger partial charge in [-0.2, -0.15) is 0 Å². The second-order valence-corrected chi connectivity index (χ2v) is 3.59. The Hall–Kier alpha value is -0.610. The molecule has 1 heterocycles. The third kappa shape index (κ3) is 1.11. The Bertz CT molecular complexity index is 203. The highest BCUT2D eigenvalue weighted by atomic mass is 16.5. The van der Waals surface area contributed by atoms with Gasteiger partial charge in [0, 0.05) is 11.8 Å². The lowest BCUT2D eigenvalue weighted by molar-refractivity contribution is -0.155. The van der Waals surface area contributed by atoms with Gasteiger partial charge in [0.15, 0.2) is 0 Å². The van der Waals surface area contributed by atoms with Gasteiger partial charge in [0.05, 0.1) is 25.2 Å². The number of rotatable bonds is 0. The predicted octanol–water partition coefficient (Wildman–Crippen LogP) is -0.709. The molecule has 0 aromatic carbocycles. The number of aliphatic hydroxyl groups is 2. The summed E-state index contributed by atoms with van der Waals surface area (Å²) >= 11 is 0. The van der Waals surface area contributed by atoms with E-state index >= 15 is 0 Å². The third-order valence-corrected chi connectivity index (χ3v) is 2.86. The van der Waals surface area contributed by atoms with Crippen molar-refractivity contribution in [2.75, 3.05) is 6.61 Å². The van der Waals surface area contributed by atoms with Gasteiger partial charge in [-0.15, -0.1) is 0 Å². The minimum atomic E-state index is -0.530. The molecule has 0 spiro atoms. The van der Waals surface area contributed by atoms with Gasteiger partial charge in [0.25, 0.3) is 0 Å². The van der Waals surface area contributed by atoms with Gasteiger partial charge < -0.3 is 14.9 Å². The van der Waals surface area contributed by atoms with Crippen LogP contribution in [0.3, 0.4) is 0 Å². The summed E-state index contributed by atoms with van der Waals surface area (Å²) in [6.45, 7) is 0.266. The molecule has 1 saturated heterocycles. The van der Waals surface area contributed by atoms with Crippen LogP contribution < -0.4 is 0 Å². The molecule has 0 bridgehead atoms. The number of carbonyl (C=O) groups excluding carboxylic acids is 1. The van der Waals surface area contributed by atoms with Crippen molar-refractivity contribution in [3.63, 3.8) is 0 Å². The van der Waals surface area contributed by atoms with Crippen LogP contribution >= 0.6 is 0 Å². The molecule has 0 aromatic rings. The van der Waals surface area contributed by atoms with E-state index in [4.69, 9.17) is 4.74 Å². The minimum Gasteiger partial charge on any atom is -0.465 e. The predicted molar refractivity (Wildman–Crippen MR) is 39.2 cm³/mol. The summed E-state index contributed by atoms with van der Waals surface area (Å²) in [4.78, 5) is 10.8. The number of hydrogen-bond donors (Lipinski definition) is 2. The van der Waals surface area contributed by atoms with Crippen molar-refractivity contribution in [3.8, 4) is 0 Å². The highest BCUT2D eigenvalue weighted by molar-refractivity contribution is 5.70. The van der Waals surface area contributed by atoms with Crippen molar-refractivity contribution in [1.29, 1.82) is 0 Å². The summed E-state index contributed by atoms with van der Waals surface area (Å²) < 4.78 is 4.80. The van der Waals surface area contributed by atoms with Crippen LogP contribution in [0.4, 0.5) is 0 Å². The second-order valence-electron chi connectivity index (χ2n) is 3.59. The van der Waals surface area contributed by atoms with E-state index in [-0.39, 0.29) is 30.8 Å². The lowest BCUT2D eigenvalue weighted by Gasteiger charge is -2.27. The lowest BCUT2D eigenvalue weighted by atomic mass is 9.89. The standard InChI is InChI=1S/C8H12O4/c9-6-2-7(10)5-3-12-8(11)1-4(5)6/h4-7,9-10H,1-3H2/t4-,5+,6-,7+/m1/s1. The normalized spacial score (nSPS) is 47.0. The quantitative estimate of drug-likeness (QED) is 0.474. The van der Waals surface area contributed by atoms with Crippen LogP contribution in [0.2, 0.25) is 0 Å². The number of hydrogen-bond acceptors (Lipinski definition) is 4. The van der Waals surface area contributed by atoms with Gasteiger partial charge in [-0.25, -0.2) is 0 Å². The first-order chi connectivity index (χ1) is 5.68.